The summed E-state index contributed by atoms with van der Waals surface area (Å²) in [6.45, 7) is 5.65. The second kappa shape index (κ2) is 13.5. The molecule has 1 aromatic rings. The number of guanidine groups is 1. The van der Waals surface area contributed by atoms with Crippen LogP contribution in [0.3, 0.4) is 0 Å². The first kappa shape index (κ1) is 26.3. The number of thioether (sulfide) groups is 1. The predicted octanol–water partition coefficient (Wildman–Crippen LogP) is 3.34. The Morgan fingerprint density at radius 1 is 1.29 bits per heavy atom. The third-order valence-corrected chi connectivity index (χ3v) is 7.35. The van der Waals surface area contributed by atoms with Crippen LogP contribution in [0.15, 0.2) is 29.3 Å². The van der Waals surface area contributed by atoms with Gasteiger partial charge in [0.2, 0.25) is 5.91 Å². The van der Waals surface area contributed by atoms with Crippen LogP contribution >= 0.6 is 35.7 Å². The number of hydrogen-bond acceptors (Lipinski definition) is 4. The van der Waals surface area contributed by atoms with Gasteiger partial charge in [-0.05, 0) is 55.5 Å². The van der Waals surface area contributed by atoms with Gasteiger partial charge in [-0.1, -0.05) is 31.2 Å². The van der Waals surface area contributed by atoms with Crippen LogP contribution in [-0.4, -0.2) is 53.9 Å². The Kier molecular flexibility index (Phi) is 11.5. The number of nitrogens with two attached hydrogens (primary N) is 1. The Morgan fingerprint density at radius 3 is 2.84 bits per heavy atom. The number of halogens is 1. The maximum Gasteiger partial charge on any atom is 0.221 e. The average molecular weight is 560 g/mol. The molecule has 1 aliphatic carbocycles. The van der Waals surface area contributed by atoms with E-state index in [4.69, 9.17) is 5.73 Å². The molecular formula is C23H38IN5OS. The van der Waals surface area contributed by atoms with Gasteiger partial charge in [-0.15, -0.1) is 24.0 Å². The van der Waals surface area contributed by atoms with Crippen LogP contribution in [0.5, 0.6) is 0 Å². The average Bonchev–Trinajstić information content (AvgIpc) is 3.19. The number of hydrogen-bond donors (Lipinski definition) is 3. The molecule has 31 heavy (non-hydrogen) atoms. The third-order valence-electron chi connectivity index (χ3n) is 6.12. The summed E-state index contributed by atoms with van der Waals surface area (Å²) in [6.07, 6.45) is 5.69. The highest BCUT2D eigenvalue weighted by molar-refractivity contribution is 14.0. The Balaban J connectivity index is 0.00000341. The molecule has 3 atom stereocenters. The molecule has 3 rings (SSSR count). The predicted molar refractivity (Wildman–Crippen MR) is 142 cm³/mol. The van der Waals surface area contributed by atoms with Crippen molar-refractivity contribution in [2.45, 2.75) is 63.4 Å². The molecule has 1 saturated carbocycles. The Morgan fingerprint density at radius 2 is 2.10 bits per heavy atom. The number of aliphatic imine (C=N–C) groups is 1. The second-order valence-electron chi connectivity index (χ2n) is 8.45. The summed E-state index contributed by atoms with van der Waals surface area (Å²) in [6, 6.07) is 9.19. The van der Waals surface area contributed by atoms with E-state index in [1.54, 1.807) is 0 Å². The van der Waals surface area contributed by atoms with Crippen LogP contribution in [0, 0.1) is 5.92 Å². The summed E-state index contributed by atoms with van der Waals surface area (Å²) in [5.74, 6) is 1.90. The zero-order chi connectivity index (χ0) is 21.3. The monoisotopic (exact) mass is 559 g/mol. The summed E-state index contributed by atoms with van der Waals surface area (Å²) in [4.78, 5) is 18.3. The van der Waals surface area contributed by atoms with Gasteiger partial charge in [-0.2, -0.15) is 11.8 Å². The zero-order valence-electron chi connectivity index (χ0n) is 18.8. The normalized spacial score (nSPS) is 24.5. The van der Waals surface area contributed by atoms with Crippen molar-refractivity contribution < 1.29 is 4.79 Å². The van der Waals surface area contributed by atoms with E-state index in [1.165, 1.54) is 36.1 Å². The lowest BCUT2D eigenvalue weighted by Gasteiger charge is -2.31. The smallest absolute Gasteiger partial charge is 0.221 e. The third kappa shape index (κ3) is 8.46. The summed E-state index contributed by atoms with van der Waals surface area (Å²) >= 11 is 2.08. The van der Waals surface area contributed by atoms with Gasteiger partial charge in [0.1, 0.15) is 0 Å². The second-order valence-corrected chi connectivity index (χ2v) is 10.0. The number of likely N-dealkylation sites (tertiary alicyclic amines) is 1. The first-order chi connectivity index (χ1) is 14.6. The summed E-state index contributed by atoms with van der Waals surface area (Å²) in [5.41, 5.74) is 8.03. The zero-order valence-corrected chi connectivity index (χ0v) is 22.0. The minimum atomic E-state index is -0.168. The van der Waals surface area contributed by atoms with Gasteiger partial charge >= 0.3 is 0 Å². The quantitative estimate of drug-likeness (QED) is 0.259. The van der Waals surface area contributed by atoms with Crippen molar-refractivity contribution in [2.75, 3.05) is 25.9 Å². The van der Waals surface area contributed by atoms with Gasteiger partial charge in [-0.3, -0.25) is 14.7 Å². The molecule has 2 fully saturated rings. The lowest BCUT2D eigenvalue weighted by Crippen LogP contribution is -2.42. The van der Waals surface area contributed by atoms with E-state index in [-0.39, 0.29) is 35.8 Å². The van der Waals surface area contributed by atoms with E-state index in [9.17, 15) is 4.79 Å². The van der Waals surface area contributed by atoms with Crippen LogP contribution < -0.4 is 16.4 Å². The van der Waals surface area contributed by atoms with Crippen molar-refractivity contribution in [1.82, 2.24) is 15.5 Å². The van der Waals surface area contributed by atoms with Crippen LogP contribution in [0.25, 0.3) is 0 Å². The first-order valence-corrected chi connectivity index (χ1v) is 12.3. The minimum Gasteiger partial charge on any atom is -0.369 e. The number of nitrogens with one attached hydrogen (secondary N) is 2. The number of rotatable bonds is 8. The SMILES string of the molecule is CCSC1CCC(NC(=NC)NCc2cccc(CN3CCCC(C(N)=O)C3)c2)C1.I. The molecule has 1 amide bonds. The Bertz CT molecular complexity index is 732. The molecule has 1 aromatic carbocycles. The Hall–Kier alpha value is -1.00. The molecule has 2 aliphatic rings. The number of nitrogens with zero attached hydrogens (tertiary/aromatic N) is 2. The highest BCUT2D eigenvalue weighted by Crippen LogP contribution is 2.29. The van der Waals surface area contributed by atoms with Crippen molar-refractivity contribution in [3.8, 4) is 0 Å². The minimum absolute atomic E-state index is 0. The lowest BCUT2D eigenvalue weighted by molar-refractivity contribution is -0.123. The fourth-order valence-corrected chi connectivity index (χ4v) is 5.70. The molecule has 4 N–H and O–H groups in total. The number of primary amides is 1. The van der Waals surface area contributed by atoms with E-state index < -0.39 is 0 Å². The number of amides is 1. The van der Waals surface area contributed by atoms with E-state index in [2.05, 4.69) is 63.5 Å². The molecule has 3 unspecified atom stereocenters. The van der Waals surface area contributed by atoms with Gasteiger partial charge in [0.05, 0.1) is 5.92 Å². The summed E-state index contributed by atoms with van der Waals surface area (Å²) in [5, 5.41) is 7.85. The van der Waals surface area contributed by atoms with Gasteiger partial charge in [0, 0.05) is 38.0 Å². The molecule has 1 heterocycles. The van der Waals surface area contributed by atoms with Gasteiger partial charge < -0.3 is 16.4 Å². The number of benzene rings is 1. The molecule has 1 saturated heterocycles. The van der Waals surface area contributed by atoms with Gasteiger partial charge in [0.15, 0.2) is 5.96 Å². The summed E-state index contributed by atoms with van der Waals surface area (Å²) in [7, 11) is 1.84. The maximum absolute atomic E-state index is 11.5. The first-order valence-electron chi connectivity index (χ1n) is 11.3. The molecular weight excluding hydrogens is 521 g/mol. The maximum atomic E-state index is 11.5. The molecule has 8 heteroatoms. The van der Waals surface area contributed by atoms with E-state index in [0.717, 1.165) is 50.2 Å². The lowest BCUT2D eigenvalue weighted by atomic mass is 9.97. The number of carbonyl (C=O) groups is 1. The van der Waals surface area contributed by atoms with Gasteiger partial charge in [-0.25, -0.2) is 0 Å². The standard InChI is InChI=1S/C23H37N5OS.HI/c1-3-30-21-10-9-20(13-21)27-23(25-2)26-14-17-6-4-7-18(12-17)15-28-11-5-8-19(16-28)22(24)29;/h4,6-7,12,19-21H,3,5,8-11,13-16H2,1-2H3,(H2,24,29)(H2,25,26,27);1H. The van der Waals surface area contributed by atoms with Crippen molar-refractivity contribution in [1.29, 1.82) is 0 Å². The van der Waals surface area contributed by atoms with Crippen LogP contribution in [0.2, 0.25) is 0 Å². The molecule has 1 aliphatic heterocycles. The molecule has 0 bridgehead atoms. The molecule has 6 nitrogen and oxygen atoms in total. The highest BCUT2D eigenvalue weighted by atomic mass is 127. The fourth-order valence-electron chi connectivity index (χ4n) is 4.56. The number of carbonyl (C=O) groups excluding carboxylic acids is 1. The highest BCUT2D eigenvalue weighted by Gasteiger charge is 2.25. The van der Waals surface area contributed by atoms with Crippen LogP contribution in [0.1, 0.15) is 50.2 Å². The van der Waals surface area contributed by atoms with Crippen molar-refractivity contribution >= 4 is 47.6 Å². The van der Waals surface area contributed by atoms with E-state index in [1.807, 2.05) is 7.05 Å². The van der Waals surface area contributed by atoms with Crippen molar-refractivity contribution in [3.05, 3.63) is 35.4 Å². The van der Waals surface area contributed by atoms with Crippen LogP contribution in [-0.2, 0) is 17.9 Å². The Labute approximate surface area is 208 Å². The van der Waals surface area contributed by atoms with Gasteiger partial charge in [0.25, 0.3) is 0 Å². The molecule has 174 valence electrons. The van der Waals surface area contributed by atoms with Crippen molar-refractivity contribution in [3.63, 3.8) is 0 Å². The largest absolute Gasteiger partial charge is 0.369 e. The molecule has 0 radical (unpaired) electrons. The number of piperidine rings is 1. The van der Waals surface area contributed by atoms with E-state index >= 15 is 0 Å². The topological polar surface area (TPSA) is 82.8 Å². The van der Waals surface area contributed by atoms with Crippen LogP contribution in [0.4, 0.5) is 0 Å². The van der Waals surface area contributed by atoms with E-state index in [0.29, 0.717) is 6.04 Å². The van der Waals surface area contributed by atoms with Crippen molar-refractivity contribution in [2.24, 2.45) is 16.6 Å². The summed E-state index contributed by atoms with van der Waals surface area (Å²) < 4.78 is 0. The molecule has 0 spiro atoms. The molecule has 0 aromatic heterocycles. The fraction of sp³-hybridized carbons (Fsp3) is 0.652.